The van der Waals surface area contributed by atoms with E-state index in [-0.39, 0.29) is 5.75 Å². The molecule has 0 heterocycles. The van der Waals surface area contributed by atoms with E-state index >= 15 is 0 Å². The van der Waals surface area contributed by atoms with Gasteiger partial charge in [0.1, 0.15) is 0 Å². The Bertz CT molecular complexity index is 339. The fraction of sp³-hybridized carbons (Fsp3) is 0.538. The van der Waals surface area contributed by atoms with Gasteiger partial charge in [-0.05, 0) is 37.8 Å². The minimum absolute atomic E-state index is 0.305. The largest absolute Gasteiger partial charge is 0.505 e. The van der Waals surface area contributed by atoms with Crippen molar-refractivity contribution in [3.8, 4) is 5.75 Å². The first-order valence-corrected chi connectivity index (χ1v) is 5.74. The van der Waals surface area contributed by atoms with Crippen molar-refractivity contribution in [2.75, 3.05) is 5.32 Å². The number of halogens is 1. The van der Waals surface area contributed by atoms with Gasteiger partial charge >= 0.3 is 0 Å². The smallest absolute Gasteiger partial charge is 0.166 e. The van der Waals surface area contributed by atoms with Crippen LogP contribution in [-0.2, 0) is 0 Å². The predicted octanol–water partition coefficient (Wildman–Crippen LogP) is 3.77. The minimum Gasteiger partial charge on any atom is -0.505 e. The quantitative estimate of drug-likeness (QED) is 0.748. The summed E-state index contributed by atoms with van der Waals surface area (Å²) in [4.78, 5) is 0. The standard InChI is InChI=1S/C13H20FNO/c1-9(2)4-5-10(3)15-11-6-7-13(16)12(14)8-11/h6-10,15-16H,4-5H2,1-3H3. The Morgan fingerprint density at radius 3 is 2.50 bits per heavy atom. The molecule has 0 saturated heterocycles. The van der Waals surface area contributed by atoms with E-state index in [0.29, 0.717) is 17.6 Å². The highest BCUT2D eigenvalue weighted by atomic mass is 19.1. The van der Waals surface area contributed by atoms with Gasteiger partial charge in [0.05, 0.1) is 0 Å². The van der Waals surface area contributed by atoms with Crippen molar-refractivity contribution in [2.45, 2.75) is 39.7 Å². The van der Waals surface area contributed by atoms with Crippen LogP contribution in [0.25, 0.3) is 0 Å². The lowest BCUT2D eigenvalue weighted by Crippen LogP contribution is -2.15. The number of aromatic hydroxyl groups is 1. The molecule has 0 fully saturated rings. The van der Waals surface area contributed by atoms with Gasteiger partial charge in [0.2, 0.25) is 0 Å². The Balaban J connectivity index is 2.49. The molecule has 0 saturated carbocycles. The van der Waals surface area contributed by atoms with Crippen LogP contribution >= 0.6 is 0 Å². The van der Waals surface area contributed by atoms with Gasteiger partial charge in [-0.3, -0.25) is 0 Å². The summed E-state index contributed by atoms with van der Waals surface area (Å²) in [6.07, 6.45) is 2.20. The zero-order chi connectivity index (χ0) is 12.1. The lowest BCUT2D eigenvalue weighted by atomic mass is 10.0. The van der Waals surface area contributed by atoms with Gasteiger partial charge in [0.25, 0.3) is 0 Å². The number of phenolic OH excluding ortho intramolecular Hbond substituents is 1. The van der Waals surface area contributed by atoms with E-state index in [4.69, 9.17) is 5.11 Å². The second-order valence-electron chi connectivity index (χ2n) is 4.68. The molecule has 0 aromatic heterocycles. The molecule has 0 bridgehead atoms. The summed E-state index contributed by atoms with van der Waals surface area (Å²) < 4.78 is 13.1. The van der Waals surface area contributed by atoms with Crippen molar-refractivity contribution < 1.29 is 9.50 Å². The molecule has 0 spiro atoms. The predicted molar refractivity (Wildman–Crippen MR) is 65.2 cm³/mol. The number of hydrogen-bond donors (Lipinski definition) is 2. The van der Waals surface area contributed by atoms with Crippen LogP contribution in [0.5, 0.6) is 5.75 Å². The first-order valence-electron chi connectivity index (χ1n) is 5.74. The zero-order valence-corrected chi connectivity index (χ0v) is 10.1. The first-order chi connectivity index (χ1) is 7.49. The van der Waals surface area contributed by atoms with E-state index in [9.17, 15) is 4.39 Å². The Morgan fingerprint density at radius 2 is 1.94 bits per heavy atom. The van der Waals surface area contributed by atoms with Crippen molar-refractivity contribution in [3.63, 3.8) is 0 Å². The van der Waals surface area contributed by atoms with Crippen LogP contribution in [0, 0.1) is 11.7 Å². The number of anilines is 1. The summed E-state index contributed by atoms with van der Waals surface area (Å²) in [5.74, 6) is -0.206. The van der Waals surface area contributed by atoms with E-state index in [0.717, 1.165) is 12.8 Å². The van der Waals surface area contributed by atoms with Crippen molar-refractivity contribution in [1.29, 1.82) is 0 Å². The highest BCUT2D eigenvalue weighted by Gasteiger charge is 2.06. The second-order valence-corrected chi connectivity index (χ2v) is 4.68. The molecule has 0 aliphatic heterocycles. The second kappa shape index (κ2) is 5.73. The molecule has 0 aliphatic rings. The summed E-state index contributed by atoms with van der Waals surface area (Å²) in [6.45, 7) is 6.45. The Kier molecular flexibility index (Phi) is 4.59. The topological polar surface area (TPSA) is 32.3 Å². The maximum absolute atomic E-state index is 13.1. The van der Waals surface area contributed by atoms with Gasteiger partial charge in [-0.15, -0.1) is 0 Å². The van der Waals surface area contributed by atoms with Crippen LogP contribution < -0.4 is 5.32 Å². The van der Waals surface area contributed by atoms with Crippen molar-refractivity contribution in [3.05, 3.63) is 24.0 Å². The van der Waals surface area contributed by atoms with Crippen LogP contribution in [0.3, 0.4) is 0 Å². The third-order valence-corrected chi connectivity index (χ3v) is 2.54. The molecule has 0 radical (unpaired) electrons. The molecule has 0 aliphatic carbocycles. The maximum Gasteiger partial charge on any atom is 0.166 e. The van der Waals surface area contributed by atoms with E-state index in [1.807, 2.05) is 0 Å². The molecular formula is C13H20FNO. The minimum atomic E-state index is -0.582. The van der Waals surface area contributed by atoms with Crippen LogP contribution in [0.4, 0.5) is 10.1 Å². The molecule has 1 aromatic rings. The Labute approximate surface area is 96.5 Å². The fourth-order valence-electron chi connectivity index (χ4n) is 1.54. The van der Waals surface area contributed by atoms with Crippen molar-refractivity contribution in [1.82, 2.24) is 0 Å². The summed E-state index contributed by atoms with van der Waals surface area (Å²) in [7, 11) is 0. The molecule has 1 aromatic carbocycles. The van der Waals surface area contributed by atoms with E-state index in [2.05, 4.69) is 26.1 Å². The lowest BCUT2D eigenvalue weighted by Gasteiger charge is -2.16. The maximum atomic E-state index is 13.1. The summed E-state index contributed by atoms with van der Waals surface area (Å²) in [5.41, 5.74) is 0.714. The zero-order valence-electron chi connectivity index (χ0n) is 10.1. The van der Waals surface area contributed by atoms with Gasteiger partial charge in [-0.25, -0.2) is 4.39 Å². The number of rotatable bonds is 5. The molecule has 1 rings (SSSR count). The summed E-state index contributed by atoms with van der Waals surface area (Å²) >= 11 is 0. The van der Waals surface area contributed by atoms with E-state index in [1.54, 1.807) is 6.07 Å². The highest BCUT2D eigenvalue weighted by molar-refractivity contribution is 5.47. The molecule has 1 atom stereocenters. The van der Waals surface area contributed by atoms with Gasteiger partial charge < -0.3 is 10.4 Å². The normalized spacial score (nSPS) is 12.8. The van der Waals surface area contributed by atoms with Crippen molar-refractivity contribution >= 4 is 5.69 Å². The third kappa shape index (κ3) is 4.09. The Hall–Kier alpha value is -1.25. The van der Waals surface area contributed by atoms with Crippen LogP contribution in [0.15, 0.2) is 18.2 Å². The summed E-state index contributed by atoms with van der Waals surface area (Å²) in [5, 5.41) is 12.3. The van der Waals surface area contributed by atoms with Gasteiger partial charge in [-0.1, -0.05) is 13.8 Å². The average Bonchev–Trinajstić information content (AvgIpc) is 2.21. The number of hydrogen-bond acceptors (Lipinski definition) is 2. The molecule has 16 heavy (non-hydrogen) atoms. The van der Waals surface area contributed by atoms with Crippen LogP contribution in [0.1, 0.15) is 33.6 Å². The number of benzene rings is 1. The Morgan fingerprint density at radius 1 is 1.25 bits per heavy atom. The number of nitrogens with one attached hydrogen (secondary N) is 1. The van der Waals surface area contributed by atoms with E-state index < -0.39 is 5.82 Å². The van der Waals surface area contributed by atoms with Crippen LogP contribution in [-0.4, -0.2) is 11.1 Å². The van der Waals surface area contributed by atoms with E-state index in [1.165, 1.54) is 12.1 Å². The van der Waals surface area contributed by atoms with Crippen LogP contribution in [0.2, 0.25) is 0 Å². The number of phenols is 1. The fourth-order valence-corrected chi connectivity index (χ4v) is 1.54. The summed E-state index contributed by atoms with van der Waals surface area (Å²) in [6, 6.07) is 4.68. The third-order valence-electron chi connectivity index (χ3n) is 2.54. The first kappa shape index (κ1) is 12.8. The monoisotopic (exact) mass is 225 g/mol. The van der Waals surface area contributed by atoms with Gasteiger partial charge in [0, 0.05) is 17.8 Å². The molecule has 2 nitrogen and oxygen atoms in total. The van der Waals surface area contributed by atoms with Gasteiger partial charge in [0.15, 0.2) is 11.6 Å². The molecule has 1 unspecified atom stereocenters. The lowest BCUT2D eigenvalue weighted by molar-refractivity contribution is 0.432. The molecule has 2 N–H and O–H groups in total. The molecule has 3 heteroatoms. The molecule has 90 valence electrons. The van der Waals surface area contributed by atoms with Crippen molar-refractivity contribution in [2.24, 2.45) is 5.92 Å². The van der Waals surface area contributed by atoms with Gasteiger partial charge in [-0.2, -0.15) is 0 Å². The average molecular weight is 225 g/mol. The molecular weight excluding hydrogens is 205 g/mol. The SMILES string of the molecule is CC(C)CCC(C)Nc1ccc(O)c(F)c1. The highest BCUT2D eigenvalue weighted by Crippen LogP contribution is 2.20. The molecule has 0 amide bonds.